The number of rotatable bonds is 8. The molecule has 0 aromatic heterocycles. The van der Waals surface area contributed by atoms with Gasteiger partial charge < -0.3 is 20.3 Å². The fraction of sp³-hybridized carbons (Fsp3) is 0.391. The van der Waals surface area contributed by atoms with Gasteiger partial charge in [-0.3, -0.25) is 9.59 Å². The number of carbonyl (C=O) groups excluding carboxylic acids is 2. The number of hydrogen-bond donors (Lipinski definition) is 2. The Morgan fingerprint density at radius 3 is 2.40 bits per heavy atom. The van der Waals surface area contributed by atoms with Crippen LogP contribution in [-0.2, 0) is 9.53 Å². The molecule has 1 heterocycles. The molecule has 0 saturated carbocycles. The summed E-state index contributed by atoms with van der Waals surface area (Å²) in [7, 11) is 0. The first-order chi connectivity index (χ1) is 14.5. The topological polar surface area (TPSA) is 70.7 Å². The lowest BCUT2D eigenvalue weighted by Crippen LogP contribution is -2.36. The number of nitrogens with one attached hydrogen (secondary N) is 2. The fourth-order valence-electron chi connectivity index (χ4n) is 3.35. The van der Waals surface area contributed by atoms with Gasteiger partial charge in [-0.05, 0) is 55.3 Å². The van der Waals surface area contributed by atoms with Crippen molar-refractivity contribution < 1.29 is 18.7 Å². The first-order valence-corrected chi connectivity index (χ1v) is 10.3. The maximum absolute atomic E-state index is 12.9. The van der Waals surface area contributed by atoms with Crippen molar-refractivity contribution in [3.8, 4) is 0 Å². The standard InChI is InChI=1S/C23H28FN3O3/c1-17(18-6-10-21(11-7-18)27-13-15-30-16-14-27)26-22(28)3-2-12-25-23(29)19-4-8-20(24)9-5-19/h4-11,17H,2-3,12-16H2,1H3,(H,25,29)(H,26,28). The van der Waals surface area contributed by atoms with Crippen molar-refractivity contribution in [3.05, 3.63) is 65.5 Å². The Balaban J connectivity index is 1.37. The van der Waals surface area contributed by atoms with E-state index in [9.17, 15) is 14.0 Å². The highest BCUT2D eigenvalue weighted by molar-refractivity contribution is 5.94. The van der Waals surface area contributed by atoms with E-state index in [0.717, 1.165) is 37.6 Å². The van der Waals surface area contributed by atoms with Crippen molar-refractivity contribution in [2.24, 2.45) is 0 Å². The van der Waals surface area contributed by atoms with Gasteiger partial charge in [-0.2, -0.15) is 0 Å². The Morgan fingerprint density at radius 1 is 1.07 bits per heavy atom. The Hall–Kier alpha value is -2.93. The number of amides is 2. The normalized spacial score (nSPS) is 14.8. The van der Waals surface area contributed by atoms with Gasteiger partial charge in [0.1, 0.15) is 5.82 Å². The number of halogens is 1. The average Bonchev–Trinajstić information content (AvgIpc) is 2.77. The molecule has 7 heteroatoms. The second-order valence-corrected chi connectivity index (χ2v) is 7.35. The van der Waals surface area contributed by atoms with Crippen LogP contribution < -0.4 is 15.5 Å². The number of morpholine rings is 1. The summed E-state index contributed by atoms with van der Waals surface area (Å²) < 4.78 is 18.3. The summed E-state index contributed by atoms with van der Waals surface area (Å²) in [6.45, 7) is 5.62. The van der Waals surface area contributed by atoms with E-state index in [4.69, 9.17) is 4.74 Å². The summed E-state index contributed by atoms with van der Waals surface area (Å²) in [5.74, 6) is -0.715. The first-order valence-electron chi connectivity index (χ1n) is 10.3. The van der Waals surface area contributed by atoms with Gasteiger partial charge in [0.2, 0.25) is 5.91 Å². The Labute approximate surface area is 176 Å². The number of nitrogens with zero attached hydrogens (tertiary/aromatic N) is 1. The molecule has 1 fully saturated rings. The van der Waals surface area contributed by atoms with Gasteiger partial charge in [-0.25, -0.2) is 4.39 Å². The molecule has 0 radical (unpaired) electrons. The quantitative estimate of drug-likeness (QED) is 0.653. The summed E-state index contributed by atoms with van der Waals surface area (Å²) in [4.78, 5) is 26.5. The van der Waals surface area contributed by atoms with E-state index in [1.54, 1.807) is 0 Å². The molecule has 2 aromatic rings. The van der Waals surface area contributed by atoms with Gasteiger partial charge in [-0.15, -0.1) is 0 Å². The highest BCUT2D eigenvalue weighted by Gasteiger charge is 2.13. The molecule has 1 unspecified atom stereocenters. The molecule has 0 spiro atoms. The van der Waals surface area contributed by atoms with E-state index >= 15 is 0 Å². The van der Waals surface area contributed by atoms with Gasteiger partial charge in [-0.1, -0.05) is 12.1 Å². The molecule has 1 aliphatic heterocycles. The molecule has 2 N–H and O–H groups in total. The largest absolute Gasteiger partial charge is 0.378 e. The number of benzene rings is 2. The Kier molecular flexibility index (Phi) is 7.79. The van der Waals surface area contributed by atoms with E-state index in [1.807, 2.05) is 19.1 Å². The minimum atomic E-state index is -0.381. The molecular formula is C23H28FN3O3. The minimum Gasteiger partial charge on any atom is -0.378 e. The second kappa shape index (κ2) is 10.7. The number of ether oxygens (including phenoxy) is 1. The smallest absolute Gasteiger partial charge is 0.251 e. The van der Waals surface area contributed by atoms with Crippen LogP contribution in [0.5, 0.6) is 0 Å². The zero-order valence-corrected chi connectivity index (χ0v) is 17.2. The molecule has 1 aliphatic rings. The molecule has 6 nitrogen and oxygen atoms in total. The SMILES string of the molecule is CC(NC(=O)CCCNC(=O)c1ccc(F)cc1)c1ccc(N2CCOCC2)cc1. The van der Waals surface area contributed by atoms with Gasteiger partial charge in [0, 0.05) is 37.3 Å². The van der Waals surface area contributed by atoms with Gasteiger partial charge in [0.25, 0.3) is 5.91 Å². The summed E-state index contributed by atoms with van der Waals surface area (Å²) in [6.07, 6.45) is 0.849. The van der Waals surface area contributed by atoms with Gasteiger partial charge in [0.15, 0.2) is 0 Å². The zero-order valence-electron chi connectivity index (χ0n) is 17.2. The Bertz CT molecular complexity index is 834. The van der Waals surface area contributed by atoms with Gasteiger partial charge >= 0.3 is 0 Å². The van der Waals surface area contributed by atoms with Crippen LogP contribution in [0.2, 0.25) is 0 Å². The Morgan fingerprint density at radius 2 is 1.73 bits per heavy atom. The van der Waals surface area contributed by atoms with E-state index in [0.29, 0.717) is 24.9 Å². The molecule has 2 amide bonds. The lowest BCUT2D eigenvalue weighted by Gasteiger charge is -2.29. The van der Waals surface area contributed by atoms with Crippen LogP contribution in [-0.4, -0.2) is 44.7 Å². The predicted molar refractivity (Wildman–Crippen MR) is 114 cm³/mol. The molecule has 160 valence electrons. The third-order valence-corrected chi connectivity index (χ3v) is 5.12. The van der Waals surface area contributed by atoms with E-state index in [-0.39, 0.29) is 23.7 Å². The second-order valence-electron chi connectivity index (χ2n) is 7.35. The predicted octanol–water partition coefficient (Wildman–Crippen LogP) is 3.05. The van der Waals surface area contributed by atoms with Gasteiger partial charge in [0.05, 0.1) is 19.3 Å². The van der Waals surface area contributed by atoms with Crippen LogP contribution in [0.4, 0.5) is 10.1 Å². The van der Waals surface area contributed by atoms with Crippen molar-refractivity contribution in [2.45, 2.75) is 25.8 Å². The monoisotopic (exact) mass is 413 g/mol. The van der Waals surface area contributed by atoms with Crippen LogP contribution in [0.15, 0.2) is 48.5 Å². The average molecular weight is 413 g/mol. The van der Waals surface area contributed by atoms with Crippen molar-refractivity contribution in [1.29, 1.82) is 0 Å². The highest BCUT2D eigenvalue weighted by atomic mass is 19.1. The number of carbonyl (C=O) groups is 2. The van der Waals surface area contributed by atoms with E-state index < -0.39 is 0 Å². The zero-order chi connectivity index (χ0) is 21.3. The number of anilines is 1. The van der Waals surface area contributed by atoms with Crippen molar-refractivity contribution >= 4 is 17.5 Å². The van der Waals surface area contributed by atoms with Crippen LogP contribution in [0, 0.1) is 5.82 Å². The molecule has 2 aromatic carbocycles. The van der Waals surface area contributed by atoms with E-state index in [2.05, 4.69) is 27.7 Å². The molecule has 0 aliphatic carbocycles. The van der Waals surface area contributed by atoms with Crippen LogP contribution >= 0.6 is 0 Å². The van der Waals surface area contributed by atoms with Crippen LogP contribution in [0.25, 0.3) is 0 Å². The summed E-state index contributed by atoms with van der Waals surface area (Å²) in [6, 6.07) is 13.5. The third-order valence-electron chi connectivity index (χ3n) is 5.12. The molecular weight excluding hydrogens is 385 g/mol. The molecule has 1 atom stereocenters. The molecule has 3 rings (SSSR count). The maximum atomic E-state index is 12.9. The van der Waals surface area contributed by atoms with Crippen LogP contribution in [0.3, 0.4) is 0 Å². The van der Waals surface area contributed by atoms with E-state index in [1.165, 1.54) is 24.3 Å². The van der Waals surface area contributed by atoms with Crippen molar-refractivity contribution in [2.75, 3.05) is 37.7 Å². The highest BCUT2D eigenvalue weighted by Crippen LogP contribution is 2.20. The lowest BCUT2D eigenvalue weighted by molar-refractivity contribution is -0.121. The minimum absolute atomic E-state index is 0.0595. The third kappa shape index (κ3) is 6.29. The summed E-state index contributed by atoms with van der Waals surface area (Å²) in [5, 5.41) is 5.74. The summed E-state index contributed by atoms with van der Waals surface area (Å²) in [5.41, 5.74) is 2.61. The number of hydrogen-bond acceptors (Lipinski definition) is 4. The van der Waals surface area contributed by atoms with Crippen LogP contribution in [0.1, 0.15) is 41.7 Å². The first kappa shape index (κ1) is 21.8. The molecule has 1 saturated heterocycles. The van der Waals surface area contributed by atoms with Crippen molar-refractivity contribution in [1.82, 2.24) is 10.6 Å². The lowest BCUT2D eigenvalue weighted by atomic mass is 10.1. The molecule has 0 bridgehead atoms. The van der Waals surface area contributed by atoms with Crippen molar-refractivity contribution in [3.63, 3.8) is 0 Å². The maximum Gasteiger partial charge on any atom is 0.251 e. The fourth-order valence-corrected chi connectivity index (χ4v) is 3.35. The summed E-state index contributed by atoms with van der Waals surface area (Å²) >= 11 is 0. The molecule has 30 heavy (non-hydrogen) atoms.